The summed E-state index contributed by atoms with van der Waals surface area (Å²) >= 11 is 0. The molecular formula is C22H29O2P. The van der Waals surface area contributed by atoms with Gasteiger partial charge in [-0.05, 0) is 97.5 Å². The highest BCUT2D eigenvalue weighted by Gasteiger charge is 2.54. The van der Waals surface area contributed by atoms with Crippen LogP contribution in [0.25, 0.3) is 0 Å². The lowest BCUT2D eigenvalue weighted by Crippen LogP contribution is -2.43. The van der Waals surface area contributed by atoms with Gasteiger partial charge in [0.25, 0.3) is 0 Å². The van der Waals surface area contributed by atoms with E-state index < -0.39 is 0 Å². The number of allylic oxidation sites excluding steroid dienone is 2. The van der Waals surface area contributed by atoms with Crippen molar-refractivity contribution in [3.8, 4) is 5.75 Å². The highest BCUT2D eigenvalue weighted by molar-refractivity contribution is 7.10. The van der Waals surface area contributed by atoms with Crippen LogP contribution in [-0.2, 0) is 11.2 Å². The van der Waals surface area contributed by atoms with Gasteiger partial charge >= 0.3 is 0 Å². The molecule has 2 nitrogen and oxygen atoms in total. The van der Waals surface area contributed by atoms with Crippen LogP contribution < -0.4 is 4.52 Å². The summed E-state index contributed by atoms with van der Waals surface area (Å²) in [5.41, 5.74) is 4.57. The fourth-order valence-electron chi connectivity index (χ4n) is 6.35. The third-order valence-corrected chi connectivity index (χ3v) is 7.62. The molecule has 0 spiro atoms. The number of ketones is 1. The van der Waals surface area contributed by atoms with E-state index in [0.29, 0.717) is 23.7 Å². The van der Waals surface area contributed by atoms with E-state index in [4.69, 9.17) is 5.80 Å². The topological polar surface area (TPSA) is 26.3 Å². The van der Waals surface area contributed by atoms with Crippen LogP contribution >= 0.6 is 9.41 Å². The smallest absolute Gasteiger partial charge is 0.152 e. The Labute approximate surface area is 155 Å². The van der Waals surface area contributed by atoms with Crippen LogP contribution in [0.4, 0.5) is 0 Å². The van der Waals surface area contributed by atoms with Gasteiger partial charge in [0, 0.05) is 0 Å². The first-order valence-corrected chi connectivity index (χ1v) is 10.0. The maximum absolute atomic E-state index is 11.7. The Morgan fingerprint density at radius 2 is 2.28 bits per heavy atom. The van der Waals surface area contributed by atoms with E-state index in [9.17, 15) is 4.79 Å². The van der Waals surface area contributed by atoms with Crippen molar-refractivity contribution in [2.45, 2.75) is 58.8 Å². The molecule has 0 aliphatic heterocycles. The lowest BCUT2D eigenvalue weighted by molar-refractivity contribution is -0.112. The molecule has 0 bridgehead atoms. The molecule has 0 heterocycles. The molecule has 3 aliphatic rings. The van der Waals surface area contributed by atoms with Crippen molar-refractivity contribution in [3.05, 3.63) is 41.0 Å². The summed E-state index contributed by atoms with van der Waals surface area (Å²) in [7, 11) is -0.250. The van der Waals surface area contributed by atoms with E-state index in [1.807, 2.05) is 6.08 Å². The third-order valence-electron chi connectivity index (χ3n) is 7.39. The van der Waals surface area contributed by atoms with Crippen molar-refractivity contribution in [1.29, 1.82) is 1.28 Å². The number of benzene rings is 1. The summed E-state index contributed by atoms with van der Waals surface area (Å²) in [6.45, 7) is 6.52. The first kappa shape index (κ1) is 16.1. The van der Waals surface area contributed by atoms with Crippen molar-refractivity contribution >= 4 is 15.2 Å². The van der Waals surface area contributed by atoms with Gasteiger partial charge in [-0.25, -0.2) is 0 Å². The van der Waals surface area contributed by atoms with Crippen molar-refractivity contribution in [1.82, 2.24) is 0 Å². The van der Waals surface area contributed by atoms with Crippen molar-refractivity contribution in [2.75, 3.05) is 0 Å². The van der Waals surface area contributed by atoms with Crippen LogP contribution in [0.5, 0.6) is 5.75 Å². The van der Waals surface area contributed by atoms with E-state index in [-0.39, 0.29) is 20.6 Å². The number of fused-ring (bicyclic) bond motifs is 5. The molecule has 0 radical (unpaired) electrons. The molecule has 0 aromatic heterocycles. The predicted molar refractivity (Wildman–Crippen MR) is 105 cm³/mol. The van der Waals surface area contributed by atoms with E-state index in [1.54, 1.807) is 6.92 Å². The summed E-state index contributed by atoms with van der Waals surface area (Å²) in [5, 5.41) is 0. The lowest BCUT2D eigenvalue weighted by atomic mass is 9.52. The van der Waals surface area contributed by atoms with Gasteiger partial charge in [0.05, 0.1) is 10.7 Å². The number of carbonyl (C=O) groups is 1. The van der Waals surface area contributed by atoms with Crippen LogP contribution in [-0.4, -0.2) is 7.06 Å². The molecule has 25 heavy (non-hydrogen) atoms. The molecule has 1 aromatic rings. The standard InChI is InChI=1S/C22H29O2P/c1-13-10-15-12-17(24-25)5-6-18(15)19-8-9-22(3)16(11-14(2)23)4-7-20(22)21(13)19/h5-6,11-13,19-21H,4,7-10,25H2,1-3H3/b16-11+/i25T. The van der Waals surface area contributed by atoms with Crippen LogP contribution in [0.1, 0.15) is 63.5 Å². The van der Waals surface area contributed by atoms with Gasteiger partial charge in [-0.2, -0.15) is 0 Å². The van der Waals surface area contributed by atoms with Crippen LogP contribution in [0.15, 0.2) is 29.8 Å². The van der Waals surface area contributed by atoms with Crippen LogP contribution in [0, 0.1) is 23.2 Å². The number of hydrogen-bond acceptors (Lipinski definition) is 2. The molecule has 4 rings (SSSR count). The average molecular weight is 358 g/mol. The normalized spacial score (nSPS) is 39.0. The number of rotatable bonds is 3. The maximum Gasteiger partial charge on any atom is 0.152 e. The first-order chi connectivity index (χ1) is 12.4. The Morgan fingerprint density at radius 3 is 3.04 bits per heavy atom. The summed E-state index contributed by atoms with van der Waals surface area (Å²) in [6.07, 6.45) is 7.78. The molecule has 134 valence electrons. The number of carbonyl (C=O) groups excluding carboxylic acids is 1. The van der Waals surface area contributed by atoms with Crippen LogP contribution in [0.3, 0.4) is 0 Å². The Hall–Kier alpha value is -1.14. The molecule has 0 N–H and O–H groups in total. The molecule has 3 heteroatoms. The molecule has 1 aromatic carbocycles. The fourth-order valence-corrected chi connectivity index (χ4v) is 6.48. The monoisotopic (exact) mass is 358 g/mol. The summed E-state index contributed by atoms with van der Waals surface area (Å²) in [6, 6.07) is 6.49. The minimum Gasteiger partial charge on any atom is -0.480 e. The SMILES string of the molecule is [3H]POc1ccc2c(c1)CC(C)C1C2CCC2(C)/C(=C/C(C)=O)CCC12. The van der Waals surface area contributed by atoms with Crippen LogP contribution in [0.2, 0.25) is 0 Å². The Morgan fingerprint density at radius 1 is 1.44 bits per heavy atom. The second-order valence-corrected chi connectivity index (χ2v) is 8.91. The van der Waals surface area contributed by atoms with Crippen molar-refractivity contribution in [2.24, 2.45) is 23.2 Å². The lowest BCUT2D eigenvalue weighted by Gasteiger charge is -2.52. The fraction of sp³-hybridized carbons (Fsp3) is 0.591. The zero-order valence-electron chi connectivity index (χ0n) is 16.5. The van der Waals surface area contributed by atoms with Gasteiger partial charge < -0.3 is 4.52 Å². The average Bonchev–Trinajstić information content (AvgIpc) is 2.91. The summed E-state index contributed by atoms with van der Waals surface area (Å²) in [5.74, 6) is 3.74. The van der Waals surface area contributed by atoms with Gasteiger partial charge in [-0.15, -0.1) is 0 Å². The predicted octanol–water partition coefficient (Wildman–Crippen LogP) is 5.47. The Balaban J connectivity index is 1.68. The largest absolute Gasteiger partial charge is 0.480 e. The minimum absolute atomic E-state index is 0.202. The van der Waals surface area contributed by atoms with E-state index >= 15 is 0 Å². The molecule has 2 fully saturated rings. The second-order valence-electron chi connectivity index (χ2n) is 8.71. The Kier molecular flexibility index (Phi) is 4.01. The quantitative estimate of drug-likeness (QED) is 0.529. The van der Waals surface area contributed by atoms with E-state index in [0.717, 1.165) is 18.6 Å². The van der Waals surface area contributed by atoms with Gasteiger partial charge in [0.15, 0.2) is 5.78 Å². The highest BCUT2D eigenvalue weighted by atomic mass is 31.0. The molecule has 3 aliphatic carbocycles. The Bertz CT molecular complexity index is 759. The molecule has 6 unspecified atom stereocenters. The molecular weight excluding hydrogens is 327 g/mol. The molecule has 0 amide bonds. The highest BCUT2D eigenvalue weighted by Crippen LogP contribution is 2.63. The first-order valence-electron chi connectivity index (χ1n) is 10.1. The minimum atomic E-state index is -0.250. The zero-order valence-corrected chi connectivity index (χ0v) is 16.5. The van der Waals surface area contributed by atoms with Gasteiger partial charge in [0.2, 0.25) is 0 Å². The van der Waals surface area contributed by atoms with Crippen molar-refractivity contribution < 1.29 is 9.32 Å². The summed E-state index contributed by atoms with van der Waals surface area (Å²) in [4.78, 5) is 11.7. The van der Waals surface area contributed by atoms with Crippen molar-refractivity contribution in [3.63, 3.8) is 0 Å². The van der Waals surface area contributed by atoms with Gasteiger partial charge in [-0.1, -0.05) is 25.5 Å². The molecule has 0 saturated heterocycles. The third kappa shape index (κ3) is 2.69. The number of hydrogen-bond donors (Lipinski definition) is 0. The van der Waals surface area contributed by atoms with Gasteiger partial charge in [0.1, 0.15) is 5.75 Å². The zero-order chi connectivity index (χ0) is 18.5. The van der Waals surface area contributed by atoms with Gasteiger partial charge in [-0.3, -0.25) is 4.79 Å². The maximum atomic E-state index is 11.7. The summed E-state index contributed by atoms with van der Waals surface area (Å²) < 4.78 is 12.7. The second kappa shape index (κ2) is 6.23. The van der Waals surface area contributed by atoms with E-state index in [1.165, 1.54) is 36.0 Å². The van der Waals surface area contributed by atoms with E-state index in [2.05, 4.69) is 32.0 Å². The molecule has 6 atom stereocenters. The molecule has 2 saturated carbocycles.